The lowest BCUT2D eigenvalue weighted by Crippen LogP contribution is -2.22. The molecule has 0 unspecified atom stereocenters. The highest BCUT2D eigenvalue weighted by Crippen LogP contribution is 2.28. The van der Waals surface area contributed by atoms with Crippen molar-refractivity contribution >= 4 is 34.3 Å². The van der Waals surface area contributed by atoms with E-state index in [0.29, 0.717) is 10.7 Å². The van der Waals surface area contributed by atoms with Gasteiger partial charge in [0.05, 0.1) is 16.4 Å². The number of benzene rings is 2. The van der Waals surface area contributed by atoms with E-state index in [1.54, 1.807) is 18.4 Å². The van der Waals surface area contributed by atoms with E-state index in [9.17, 15) is 14.9 Å². The fraction of sp³-hybridized carbons (Fsp3) is 0.118. The standard InChI is InChI=1S/C17H14N2O4S/c1-24-16-7-6-12(9-14(16)19(21)22)17(20)18-10-13-8-11-4-2-3-5-15(11)23-13/h2-9H,10H2,1H3,(H,18,20). The molecule has 3 rings (SSSR count). The minimum absolute atomic E-state index is 0.0705. The Hall–Kier alpha value is -2.80. The van der Waals surface area contributed by atoms with Crippen LogP contribution in [0.25, 0.3) is 11.0 Å². The topological polar surface area (TPSA) is 85.4 Å². The van der Waals surface area contributed by atoms with Crippen LogP contribution in [-0.2, 0) is 6.54 Å². The molecule has 0 saturated heterocycles. The van der Waals surface area contributed by atoms with E-state index in [-0.39, 0.29) is 23.7 Å². The van der Waals surface area contributed by atoms with Gasteiger partial charge in [-0.2, -0.15) is 0 Å². The van der Waals surface area contributed by atoms with Crippen LogP contribution in [0.4, 0.5) is 5.69 Å². The Bertz CT molecular complexity index is 887. The SMILES string of the molecule is CSc1ccc(C(=O)NCc2cc3ccccc3o2)cc1[N+](=O)[O-]. The summed E-state index contributed by atoms with van der Waals surface area (Å²) in [4.78, 5) is 23.3. The van der Waals surface area contributed by atoms with E-state index in [2.05, 4.69) is 5.32 Å². The highest BCUT2D eigenvalue weighted by atomic mass is 32.2. The van der Waals surface area contributed by atoms with Crippen LogP contribution in [-0.4, -0.2) is 17.1 Å². The molecule has 1 heterocycles. The summed E-state index contributed by atoms with van der Waals surface area (Å²) in [6.45, 7) is 0.214. The van der Waals surface area contributed by atoms with Crippen molar-refractivity contribution in [3.05, 3.63) is 70.0 Å². The fourth-order valence-electron chi connectivity index (χ4n) is 2.37. The minimum atomic E-state index is -0.484. The lowest BCUT2D eigenvalue weighted by atomic mass is 10.2. The minimum Gasteiger partial charge on any atom is -0.459 e. The molecule has 6 nitrogen and oxygen atoms in total. The number of rotatable bonds is 5. The number of hydrogen-bond donors (Lipinski definition) is 1. The van der Waals surface area contributed by atoms with Crippen molar-refractivity contribution in [3.8, 4) is 0 Å². The van der Waals surface area contributed by atoms with Crippen molar-refractivity contribution in [1.29, 1.82) is 0 Å². The van der Waals surface area contributed by atoms with Gasteiger partial charge in [-0.15, -0.1) is 11.8 Å². The first-order valence-electron chi connectivity index (χ1n) is 7.16. The molecule has 0 aliphatic heterocycles. The Morgan fingerprint density at radius 3 is 2.75 bits per heavy atom. The lowest BCUT2D eigenvalue weighted by molar-refractivity contribution is -0.387. The number of amides is 1. The molecule has 24 heavy (non-hydrogen) atoms. The van der Waals surface area contributed by atoms with Crippen molar-refractivity contribution in [2.75, 3.05) is 6.26 Å². The second-order valence-corrected chi connectivity index (χ2v) is 5.93. The molecule has 0 spiro atoms. The highest BCUT2D eigenvalue weighted by molar-refractivity contribution is 7.98. The van der Waals surface area contributed by atoms with Crippen molar-refractivity contribution < 1.29 is 14.1 Å². The number of fused-ring (bicyclic) bond motifs is 1. The van der Waals surface area contributed by atoms with E-state index in [1.807, 2.05) is 30.3 Å². The van der Waals surface area contributed by atoms with Gasteiger partial charge in [-0.3, -0.25) is 14.9 Å². The number of nitrogens with one attached hydrogen (secondary N) is 1. The van der Waals surface area contributed by atoms with E-state index < -0.39 is 4.92 Å². The number of carbonyl (C=O) groups excluding carboxylic acids is 1. The summed E-state index contributed by atoms with van der Waals surface area (Å²) in [5, 5.41) is 14.8. The van der Waals surface area contributed by atoms with Gasteiger partial charge in [0.15, 0.2) is 0 Å². The first kappa shape index (κ1) is 16.1. The number of nitrogens with zero attached hydrogens (tertiary/aromatic N) is 1. The van der Waals surface area contributed by atoms with Gasteiger partial charge in [-0.1, -0.05) is 18.2 Å². The number of para-hydroxylation sites is 1. The zero-order chi connectivity index (χ0) is 17.1. The third kappa shape index (κ3) is 3.26. The number of furan rings is 1. The molecule has 0 fully saturated rings. The van der Waals surface area contributed by atoms with Gasteiger partial charge in [0, 0.05) is 17.0 Å². The summed E-state index contributed by atoms with van der Waals surface area (Å²) >= 11 is 1.27. The molecule has 1 N–H and O–H groups in total. The van der Waals surface area contributed by atoms with Crippen LogP contribution in [0.3, 0.4) is 0 Å². The first-order valence-corrected chi connectivity index (χ1v) is 8.39. The molecule has 0 bridgehead atoms. The zero-order valence-corrected chi connectivity index (χ0v) is 13.6. The van der Waals surface area contributed by atoms with Gasteiger partial charge in [-0.05, 0) is 30.5 Å². The van der Waals surface area contributed by atoms with Gasteiger partial charge in [0.2, 0.25) is 0 Å². The van der Waals surface area contributed by atoms with Gasteiger partial charge >= 0.3 is 0 Å². The Kier molecular flexibility index (Phi) is 4.52. The van der Waals surface area contributed by atoms with E-state index in [1.165, 1.54) is 17.8 Å². The molecule has 0 saturated carbocycles. The maximum atomic E-state index is 12.2. The summed E-state index contributed by atoms with van der Waals surface area (Å²) in [5.41, 5.74) is 0.927. The Balaban J connectivity index is 1.75. The smallest absolute Gasteiger partial charge is 0.283 e. The number of thioether (sulfide) groups is 1. The first-order chi connectivity index (χ1) is 11.6. The second-order valence-electron chi connectivity index (χ2n) is 5.08. The lowest BCUT2D eigenvalue weighted by Gasteiger charge is -2.05. The van der Waals surface area contributed by atoms with Crippen LogP contribution in [0.15, 0.2) is 57.8 Å². The van der Waals surface area contributed by atoms with E-state index >= 15 is 0 Å². The van der Waals surface area contributed by atoms with Crippen LogP contribution < -0.4 is 5.32 Å². The maximum Gasteiger partial charge on any atom is 0.283 e. The van der Waals surface area contributed by atoms with Gasteiger partial charge in [-0.25, -0.2) is 0 Å². The average Bonchev–Trinajstić information content (AvgIpc) is 3.02. The van der Waals surface area contributed by atoms with E-state index in [0.717, 1.165) is 11.0 Å². The monoisotopic (exact) mass is 342 g/mol. The average molecular weight is 342 g/mol. The van der Waals surface area contributed by atoms with E-state index in [4.69, 9.17) is 4.42 Å². The molecular weight excluding hydrogens is 328 g/mol. The Labute approximate surface area is 142 Å². The predicted molar refractivity (Wildman–Crippen MR) is 92.3 cm³/mol. The molecule has 0 atom stereocenters. The van der Waals surface area contributed by atoms with Gasteiger partial charge in [0.25, 0.3) is 11.6 Å². The van der Waals surface area contributed by atoms with Gasteiger partial charge < -0.3 is 9.73 Å². The predicted octanol–water partition coefficient (Wildman–Crippen LogP) is 3.99. The van der Waals surface area contributed by atoms with Crippen LogP contribution in [0.5, 0.6) is 0 Å². The maximum absolute atomic E-state index is 12.2. The largest absolute Gasteiger partial charge is 0.459 e. The molecule has 3 aromatic rings. The zero-order valence-electron chi connectivity index (χ0n) is 12.8. The Morgan fingerprint density at radius 2 is 2.04 bits per heavy atom. The summed E-state index contributed by atoms with van der Waals surface area (Å²) in [6.07, 6.45) is 1.75. The summed E-state index contributed by atoms with van der Waals surface area (Å²) in [5.74, 6) is 0.242. The van der Waals surface area contributed by atoms with Crippen LogP contribution in [0.1, 0.15) is 16.1 Å². The second kappa shape index (κ2) is 6.76. The number of carbonyl (C=O) groups is 1. The number of nitro groups is 1. The number of nitro benzene ring substituents is 1. The molecule has 122 valence electrons. The third-order valence-electron chi connectivity index (χ3n) is 3.54. The molecule has 0 radical (unpaired) electrons. The Morgan fingerprint density at radius 1 is 1.25 bits per heavy atom. The molecule has 1 aromatic heterocycles. The van der Waals surface area contributed by atoms with Crippen LogP contribution in [0.2, 0.25) is 0 Å². The fourth-order valence-corrected chi connectivity index (χ4v) is 2.91. The number of hydrogen-bond acceptors (Lipinski definition) is 5. The third-order valence-corrected chi connectivity index (χ3v) is 4.32. The molecule has 0 aliphatic rings. The molecular formula is C17H14N2O4S. The van der Waals surface area contributed by atoms with Crippen molar-refractivity contribution in [2.45, 2.75) is 11.4 Å². The van der Waals surface area contributed by atoms with Gasteiger partial charge in [0.1, 0.15) is 11.3 Å². The molecule has 7 heteroatoms. The molecule has 2 aromatic carbocycles. The summed E-state index contributed by atoms with van der Waals surface area (Å²) in [7, 11) is 0. The van der Waals surface area contributed by atoms with Crippen molar-refractivity contribution in [2.24, 2.45) is 0 Å². The normalized spacial score (nSPS) is 10.7. The van der Waals surface area contributed by atoms with Crippen molar-refractivity contribution in [3.63, 3.8) is 0 Å². The summed E-state index contributed by atoms with van der Waals surface area (Å²) < 4.78 is 5.63. The van der Waals surface area contributed by atoms with Crippen molar-refractivity contribution in [1.82, 2.24) is 5.32 Å². The summed E-state index contributed by atoms with van der Waals surface area (Å²) in [6, 6.07) is 13.9. The van der Waals surface area contributed by atoms with Crippen LogP contribution >= 0.6 is 11.8 Å². The molecule has 1 amide bonds. The molecule has 0 aliphatic carbocycles. The van der Waals surface area contributed by atoms with Crippen LogP contribution in [0, 0.1) is 10.1 Å². The highest BCUT2D eigenvalue weighted by Gasteiger charge is 2.17. The quantitative estimate of drug-likeness (QED) is 0.430.